The van der Waals surface area contributed by atoms with Gasteiger partial charge in [-0.05, 0) is 66.2 Å². The fourth-order valence-electron chi connectivity index (χ4n) is 3.55. The smallest absolute Gasteiger partial charge is 0.339 e. The Bertz CT molecular complexity index is 1480. The minimum absolute atomic E-state index is 0.0550. The molecule has 0 radical (unpaired) electrons. The van der Waals surface area contributed by atoms with Crippen LogP contribution < -0.4 is 9.50 Å². The third-order valence-corrected chi connectivity index (χ3v) is 6.88. The number of benzene rings is 3. The maximum absolute atomic E-state index is 13.3. The number of nitrogens with one attached hydrogen (secondary N) is 1. The van der Waals surface area contributed by atoms with Crippen LogP contribution in [0.15, 0.2) is 101 Å². The Labute approximate surface area is 219 Å². The van der Waals surface area contributed by atoms with Crippen molar-refractivity contribution in [2.24, 2.45) is 0 Å². The Morgan fingerprint density at radius 2 is 1.62 bits per heavy atom. The third-order valence-electron chi connectivity index (χ3n) is 5.28. The fraction of sp³-hybridized carbons (Fsp3) is 0.111. The Morgan fingerprint density at radius 1 is 0.919 bits per heavy atom. The lowest BCUT2D eigenvalue weighted by Gasteiger charge is -2.22. The molecule has 0 aliphatic heterocycles. The second-order valence-electron chi connectivity index (χ2n) is 8.11. The second-order valence-corrected chi connectivity index (χ2v) is 10.1. The van der Waals surface area contributed by atoms with E-state index >= 15 is 0 Å². The highest BCUT2D eigenvalue weighted by atomic mass is 35.5. The molecule has 0 atom stereocenters. The molecule has 8 nitrogen and oxygen atoms in total. The minimum atomic E-state index is -4.09. The Morgan fingerprint density at radius 3 is 2.24 bits per heavy atom. The lowest BCUT2D eigenvalue weighted by atomic mass is 10.1. The molecule has 1 aromatic heterocycles. The van der Waals surface area contributed by atoms with Gasteiger partial charge in [0, 0.05) is 19.2 Å². The maximum Gasteiger partial charge on any atom is 0.339 e. The molecule has 1 heterocycles. The first kappa shape index (κ1) is 26.0. The molecule has 4 aromatic rings. The highest BCUT2D eigenvalue weighted by Gasteiger charge is 2.21. The number of amides is 2. The number of furan rings is 1. The quantitative estimate of drug-likeness (QED) is 0.282. The highest BCUT2D eigenvalue weighted by molar-refractivity contribution is 7.87. The minimum Gasteiger partial charge on any atom is -0.467 e. The lowest BCUT2D eigenvalue weighted by molar-refractivity contribution is -0.114. The molecule has 0 aliphatic carbocycles. The van der Waals surface area contributed by atoms with E-state index in [0.717, 1.165) is 5.56 Å². The molecule has 0 saturated heterocycles. The zero-order chi connectivity index (χ0) is 26.4. The molecule has 0 spiro atoms. The number of anilines is 1. The zero-order valence-electron chi connectivity index (χ0n) is 19.8. The van der Waals surface area contributed by atoms with Gasteiger partial charge in [-0.2, -0.15) is 8.42 Å². The van der Waals surface area contributed by atoms with Crippen molar-refractivity contribution in [3.05, 3.63) is 113 Å². The lowest BCUT2D eigenvalue weighted by Crippen LogP contribution is -2.30. The molecule has 1 N–H and O–H groups in total. The van der Waals surface area contributed by atoms with E-state index in [4.69, 9.17) is 20.2 Å². The number of nitrogens with zero attached hydrogens (tertiary/aromatic N) is 1. The van der Waals surface area contributed by atoms with Gasteiger partial charge >= 0.3 is 10.1 Å². The van der Waals surface area contributed by atoms with Crippen molar-refractivity contribution in [2.45, 2.75) is 24.9 Å². The Kier molecular flexibility index (Phi) is 7.95. The van der Waals surface area contributed by atoms with E-state index in [9.17, 15) is 18.0 Å². The van der Waals surface area contributed by atoms with Gasteiger partial charge in [-0.25, -0.2) is 0 Å². The van der Waals surface area contributed by atoms with Crippen LogP contribution >= 0.6 is 11.6 Å². The predicted octanol–water partition coefficient (Wildman–Crippen LogP) is 5.50. The van der Waals surface area contributed by atoms with Crippen LogP contribution in [0.1, 0.15) is 28.6 Å². The van der Waals surface area contributed by atoms with Gasteiger partial charge < -0.3 is 18.8 Å². The molecule has 0 bridgehead atoms. The van der Waals surface area contributed by atoms with Gasteiger partial charge in [0.05, 0.1) is 23.4 Å². The molecule has 190 valence electrons. The van der Waals surface area contributed by atoms with Crippen molar-refractivity contribution in [2.75, 3.05) is 5.32 Å². The van der Waals surface area contributed by atoms with Crippen molar-refractivity contribution >= 4 is 39.2 Å². The van der Waals surface area contributed by atoms with E-state index in [-0.39, 0.29) is 35.5 Å². The number of carbonyl (C=O) groups excluding carboxylic acids is 2. The second kappa shape index (κ2) is 11.3. The molecule has 0 saturated carbocycles. The number of hydrogen-bond acceptors (Lipinski definition) is 6. The van der Waals surface area contributed by atoms with E-state index in [0.29, 0.717) is 22.0 Å². The van der Waals surface area contributed by atoms with Crippen molar-refractivity contribution in [1.29, 1.82) is 0 Å². The molecule has 37 heavy (non-hydrogen) atoms. The summed E-state index contributed by atoms with van der Waals surface area (Å²) in [5, 5.41) is 2.92. The molecular weight excluding hydrogens is 516 g/mol. The van der Waals surface area contributed by atoms with E-state index in [1.807, 2.05) is 0 Å². The van der Waals surface area contributed by atoms with Gasteiger partial charge in [0.15, 0.2) is 0 Å². The molecule has 4 rings (SSSR count). The molecule has 0 fully saturated rings. The number of hydrogen-bond donors (Lipinski definition) is 1. The number of halogens is 1. The molecular formula is C27H23ClN2O6S. The molecule has 0 aliphatic rings. The monoisotopic (exact) mass is 538 g/mol. The normalized spacial score (nSPS) is 11.1. The summed E-state index contributed by atoms with van der Waals surface area (Å²) < 4.78 is 36.0. The topological polar surface area (TPSA) is 106 Å². The van der Waals surface area contributed by atoms with Crippen LogP contribution in [-0.2, 0) is 28.0 Å². The number of rotatable bonds is 9. The maximum atomic E-state index is 13.3. The summed E-state index contributed by atoms with van der Waals surface area (Å²) in [4.78, 5) is 25.9. The Balaban J connectivity index is 1.48. The van der Waals surface area contributed by atoms with Gasteiger partial charge in [0.2, 0.25) is 5.91 Å². The van der Waals surface area contributed by atoms with Crippen molar-refractivity contribution in [3.63, 3.8) is 0 Å². The first-order valence-corrected chi connectivity index (χ1v) is 13.0. The van der Waals surface area contributed by atoms with Gasteiger partial charge in [-0.1, -0.05) is 35.9 Å². The van der Waals surface area contributed by atoms with Crippen LogP contribution in [0.2, 0.25) is 5.02 Å². The van der Waals surface area contributed by atoms with Crippen molar-refractivity contribution in [3.8, 4) is 5.75 Å². The first-order chi connectivity index (χ1) is 17.7. The van der Waals surface area contributed by atoms with Crippen LogP contribution in [0.4, 0.5) is 5.69 Å². The van der Waals surface area contributed by atoms with E-state index in [1.165, 1.54) is 49.6 Å². The predicted molar refractivity (Wildman–Crippen MR) is 139 cm³/mol. The van der Waals surface area contributed by atoms with Crippen LogP contribution in [-0.4, -0.2) is 25.1 Å². The average Bonchev–Trinajstić information content (AvgIpc) is 3.38. The number of carbonyl (C=O) groups is 2. The molecule has 3 aromatic carbocycles. The zero-order valence-corrected chi connectivity index (χ0v) is 21.3. The largest absolute Gasteiger partial charge is 0.467 e. The van der Waals surface area contributed by atoms with Gasteiger partial charge in [-0.3, -0.25) is 9.59 Å². The van der Waals surface area contributed by atoms with Crippen LogP contribution in [0.5, 0.6) is 5.75 Å². The molecule has 2 amide bonds. The standard InChI is InChI=1S/C27H23ClN2O6S/c1-19(31)29-21-10-14-24(15-11-21)37(33,34)36-22-12-8-20(9-13-22)17-30(18-23-5-4-16-35-23)27(32)25-6-2-3-7-26(25)28/h2-16H,17-18H2,1H3,(H,29,31). The molecule has 10 heteroatoms. The summed E-state index contributed by atoms with van der Waals surface area (Å²) in [6.07, 6.45) is 1.54. The molecule has 0 unspecified atom stereocenters. The van der Waals surface area contributed by atoms with Gasteiger partial charge in [0.25, 0.3) is 5.91 Å². The summed E-state index contributed by atoms with van der Waals surface area (Å²) in [7, 11) is -4.09. The first-order valence-electron chi connectivity index (χ1n) is 11.2. The van der Waals surface area contributed by atoms with Crippen LogP contribution in [0.3, 0.4) is 0 Å². The van der Waals surface area contributed by atoms with E-state index in [1.54, 1.807) is 53.4 Å². The third kappa shape index (κ3) is 6.78. The van der Waals surface area contributed by atoms with Crippen LogP contribution in [0.25, 0.3) is 0 Å². The Hall–Kier alpha value is -4.08. The summed E-state index contributed by atoms with van der Waals surface area (Å²) in [5.74, 6) is 0.191. The van der Waals surface area contributed by atoms with Crippen molar-refractivity contribution < 1.29 is 26.6 Å². The van der Waals surface area contributed by atoms with E-state index in [2.05, 4.69) is 5.32 Å². The van der Waals surface area contributed by atoms with E-state index < -0.39 is 10.1 Å². The van der Waals surface area contributed by atoms with Crippen LogP contribution in [0, 0.1) is 0 Å². The highest BCUT2D eigenvalue weighted by Crippen LogP contribution is 2.23. The van der Waals surface area contributed by atoms with Crippen molar-refractivity contribution in [1.82, 2.24) is 4.90 Å². The van der Waals surface area contributed by atoms with Gasteiger partial charge in [0.1, 0.15) is 16.4 Å². The average molecular weight is 539 g/mol. The fourth-order valence-corrected chi connectivity index (χ4v) is 4.70. The summed E-state index contributed by atoms with van der Waals surface area (Å²) >= 11 is 6.25. The summed E-state index contributed by atoms with van der Waals surface area (Å²) in [6, 6.07) is 22.4. The van der Waals surface area contributed by atoms with Gasteiger partial charge in [-0.15, -0.1) is 0 Å². The SMILES string of the molecule is CC(=O)Nc1ccc(S(=O)(=O)Oc2ccc(CN(Cc3ccco3)C(=O)c3ccccc3Cl)cc2)cc1. The summed E-state index contributed by atoms with van der Waals surface area (Å²) in [6.45, 7) is 1.81. The summed E-state index contributed by atoms with van der Waals surface area (Å²) in [5.41, 5.74) is 1.59.